The van der Waals surface area contributed by atoms with Crippen molar-refractivity contribution in [2.24, 2.45) is 0 Å². The Morgan fingerprint density at radius 1 is 0.846 bits per heavy atom. The number of sulfonamides is 1. The van der Waals surface area contributed by atoms with Crippen LogP contribution in [0.1, 0.15) is 22.7 Å². The van der Waals surface area contributed by atoms with Crippen molar-refractivity contribution >= 4 is 21.8 Å². The third-order valence-electron chi connectivity index (χ3n) is 4.28. The second-order valence-corrected chi connectivity index (χ2v) is 8.59. The molecule has 0 aliphatic heterocycles. The second kappa shape index (κ2) is 8.08. The smallest absolute Gasteiger partial charge is 0.207 e. The molecule has 134 valence electrons. The van der Waals surface area contributed by atoms with Crippen molar-refractivity contribution in [1.29, 1.82) is 0 Å². The van der Waals surface area contributed by atoms with E-state index in [0.717, 1.165) is 21.6 Å². The molecule has 1 N–H and O–H groups in total. The highest BCUT2D eigenvalue weighted by Crippen LogP contribution is 2.27. The Morgan fingerprint density at radius 3 is 2.08 bits per heavy atom. The molecule has 0 amide bonds. The molecule has 0 aliphatic carbocycles. The Balaban J connectivity index is 2.01. The van der Waals surface area contributed by atoms with E-state index < -0.39 is 16.1 Å². The van der Waals surface area contributed by atoms with E-state index >= 15 is 0 Å². The van der Waals surface area contributed by atoms with Crippen LogP contribution in [0.5, 0.6) is 0 Å². The number of benzene rings is 3. The van der Waals surface area contributed by atoms with E-state index in [9.17, 15) is 8.42 Å². The van der Waals surface area contributed by atoms with Gasteiger partial charge in [0.1, 0.15) is 0 Å². The Hall–Kier alpha value is -2.08. The van der Waals surface area contributed by atoms with Gasteiger partial charge in [0, 0.05) is 4.90 Å². The molecule has 1 atom stereocenters. The monoisotopic (exact) mass is 383 g/mol. The Labute approximate surface area is 159 Å². The highest BCUT2D eigenvalue weighted by atomic mass is 32.2. The van der Waals surface area contributed by atoms with Gasteiger partial charge in [0.2, 0.25) is 10.0 Å². The van der Waals surface area contributed by atoms with Crippen LogP contribution >= 0.6 is 11.8 Å². The first-order chi connectivity index (χ1) is 12.5. The van der Waals surface area contributed by atoms with Crippen molar-refractivity contribution < 1.29 is 8.42 Å². The summed E-state index contributed by atoms with van der Waals surface area (Å²) in [6, 6.07) is 24.0. The van der Waals surface area contributed by atoms with Gasteiger partial charge in [-0.15, -0.1) is 11.8 Å². The summed E-state index contributed by atoms with van der Waals surface area (Å²) in [6.07, 6.45) is 1.96. The summed E-state index contributed by atoms with van der Waals surface area (Å²) < 4.78 is 28.9. The lowest BCUT2D eigenvalue weighted by Gasteiger charge is -2.21. The third-order valence-corrected chi connectivity index (χ3v) is 6.46. The fraction of sp³-hybridized carbons (Fsp3) is 0.143. The van der Waals surface area contributed by atoms with E-state index in [-0.39, 0.29) is 4.90 Å². The van der Waals surface area contributed by atoms with Crippen molar-refractivity contribution in [3.63, 3.8) is 0 Å². The molecule has 0 saturated carbocycles. The van der Waals surface area contributed by atoms with Crippen molar-refractivity contribution in [1.82, 2.24) is 4.72 Å². The van der Waals surface area contributed by atoms with Gasteiger partial charge in [0.15, 0.2) is 0 Å². The van der Waals surface area contributed by atoms with Gasteiger partial charge in [-0.05, 0) is 54.1 Å². The summed E-state index contributed by atoms with van der Waals surface area (Å²) in [5.41, 5.74) is 2.90. The molecule has 3 rings (SSSR count). The van der Waals surface area contributed by atoms with Crippen molar-refractivity contribution in [3.05, 3.63) is 95.6 Å². The van der Waals surface area contributed by atoms with Crippen molar-refractivity contribution in [3.8, 4) is 0 Å². The van der Waals surface area contributed by atoms with Crippen LogP contribution in [0.15, 0.2) is 88.7 Å². The van der Waals surface area contributed by atoms with E-state index in [2.05, 4.69) is 4.72 Å². The molecule has 0 aliphatic rings. The first-order valence-corrected chi connectivity index (χ1v) is 11.0. The first-order valence-electron chi connectivity index (χ1n) is 8.28. The topological polar surface area (TPSA) is 46.2 Å². The number of rotatable bonds is 6. The molecule has 0 radical (unpaired) electrons. The molecule has 0 heterocycles. The van der Waals surface area contributed by atoms with Gasteiger partial charge in [0.05, 0.1) is 10.9 Å². The molecule has 3 aromatic rings. The second-order valence-electron chi connectivity index (χ2n) is 6.00. The maximum Gasteiger partial charge on any atom is 0.241 e. The molecular weight excluding hydrogens is 362 g/mol. The van der Waals surface area contributed by atoms with Crippen LogP contribution in [0.2, 0.25) is 0 Å². The third kappa shape index (κ3) is 4.18. The SMILES string of the molecule is CSc1ccc(S(=O)(=O)N[C@H](c2ccccc2)c2ccccc2C)cc1. The van der Waals surface area contributed by atoms with Gasteiger partial charge in [0.25, 0.3) is 0 Å². The van der Waals surface area contributed by atoms with Gasteiger partial charge >= 0.3 is 0 Å². The van der Waals surface area contributed by atoms with Gasteiger partial charge in [-0.1, -0.05) is 54.6 Å². The molecule has 3 aromatic carbocycles. The molecule has 5 heteroatoms. The van der Waals surface area contributed by atoms with Gasteiger partial charge in [-0.2, -0.15) is 4.72 Å². The Morgan fingerprint density at radius 2 is 1.46 bits per heavy atom. The molecular formula is C21H21NO2S2. The van der Waals surface area contributed by atoms with Crippen LogP contribution in [-0.2, 0) is 10.0 Å². The number of thioether (sulfide) groups is 1. The van der Waals surface area contributed by atoms with Gasteiger partial charge in [-0.3, -0.25) is 0 Å². The zero-order valence-electron chi connectivity index (χ0n) is 14.7. The first kappa shape index (κ1) is 18.7. The number of aryl methyl sites for hydroxylation is 1. The predicted molar refractivity (Wildman–Crippen MR) is 108 cm³/mol. The minimum Gasteiger partial charge on any atom is -0.207 e. The zero-order chi connectivity index (χ0) is 18.6. The quantitative estimate of drug-likeness (QED) is 0.623. The largest absolute Gasteiger partial charge is 0.241 e. The van der Waals surface area contributed by atoms with E-state index in [1.807, 2.05) is 79.9 Å². The summed E-state index contributed by atoms with van der Waals surface area (Å²) in [5, 5.41) is 0. The lowest BCUT2D eigenvalue weighted by atomic mass is 9.96. The highest BCUT2D eigenvalue weighted by molar-refractivity contribution is 7.98. The summed E-state index contributed by atoms with van der Waals surface area (Å²) >= 11 is 1.58. The van der Waals surface area contributed by atoms with Crippen LogP contribution in [0.4, 0.5) is 0 Å². The van der Waals surface area contributed by atoms with Crippen molar-refractivity contribution in [2.75, 3.05) is 6.26 Å². The van der Waals surface area contributed by atoms with Gasteiger partial charge < -0.3 is 0 Å². The molecule has 0 bridgehead atoms. The maximum atomic E-state index is 13.0. The maximum absolute atomic E-state index is 13.0. The summed E-state index contributed by atoms with van der Waals surface area (Å²) in [7, 11) is -3.66. The molecule has 3 nitrogen and oxygen atoms in total. The average Bonchev–Trinajstić information content (AvgIpc) is 2.67. The molecule has 0 saturated heterocycles. The summed E-state index contributed by atoms with van der Waals surface area (Å²) in [5.74, 6) is 0. The molecule has 0 unspecified atom stereocenters. The minimum atomic E-state index is -3.66. The Kier molecular flexibility index (Phi) is 5.81. The lowest BCUT2D eigenvalue weighted by Crippen LogP contribution is -2.30. The van der Waals surface area contributed by atoms with Crippen LogP contribution in [0.3, 0.4) is 0 Å². The summed E-state index contributed by atoms with van der Waals surface area (Å²) in [4.78, 5) is 1.30. The normalized spacial score (nSPS) is 12.7. The fourth-order valence-electron chi connectivity index (χ4n) is 2.85. The highest BCUT2D eigenvalue weighted by Gasteiger charge is 2.23. The molecule has 0 fully saturated rings. The lowest BCUT2D eigenvalue weighted by molar-refractivity contribution is 0.571. The number of nitrogens with one attached hydrogen (secondary N) is 1. The Bertz CT molecular complexity index is 968. The zero-order valence-corrected chi connectivity index (χ0v) is 16.3. The van der Waals surface area contributed by atoms with Crippen LogP contribution < -0.4 is 4.72 Å². The molecule has 0 aromatic heterocycles. The van der Waals surface area contributed by atoms with E-state index in [0.29, 0.717) is 0 Å². The van der Waals surface area contributed by atoms with E-state index in [4.69, 9.17) is 0 Å². The van der Waals surface area contributed by atoms with Crippen LogP contribution in [-0.4, -0.2) is 14.7 Å². The van der Waals surface area contributed by atoms with E-state index in [1.165, 1.54) is 0 Å². The standard InChI is InChI=1S/C21H21NO2S2/c1-16-8-6-7-11-20(16)21(17-9-4-3-5-10-17)22-26(23,24)19-14-12-18(25-2)13-15-19/h3-15,21-22H,1-2H3/t21-/m1/s1. The molecule has 0 spiro atoms. The fourth-order valence-corrected chi connectivity index (χ4v) is 4.46. The van der Waals surface area contributed by atoms with Gasteiger partial charge in [-0.25, -0.2) is 8.42 Å². The summed E-state index contributed by atoms with van der Waals surface area (Å²) in [6.45, 7) is 1.99. The number of hydrogen-bond donors (Lipinski definition) is 1. The minimum absolute atomic E-state index is 0.268. The van der Waals surface area contributed by atoms with Crippen LogP contribution in [0, 0.1) is 6.92 Å². The number of hydrogen-bond acceptors (Lipinski definition) is 3. The van der Waals surface area contributed by atoms with Crippen molar-refractivity contribution in [2.45, 2.75) is 22.8 Å². The molecule has 26 heavy (non-hydrogen) atoms. The van der Waals surface area contributed by atoms with E-state index in [1.54, 1.807) is 23.9 Å². The average molecular weight is 384 g/mol. The van der Waals surface area contributed by atoms with Crippen LogP contribution in [0.25, 0.3) is 0 Å². The predicted octanol–water partition coefficient (Wildman–Crippen LogP) is 4.78.